The van der Waals surface area contributed by atoms with Crippen LogP contribution in [0.3, 0.4) is 0 Å². The van der Waals surface area contributed by atoms with E-state index in [1.54, 1.807) is 21.3 Å². The molecule has 0 atom stereocenters. The molecule has 1 amide bonds. The highest BCUT2D eigenvalue weighted by Gasteiger charge is 2.28. The second-order valence-corrected chi connectivity index (χ2v) is 9.78. The number of ether oxygens (including phenoxy) is 3. The van der Waals surface area contributed by atoms with E-state index < -0.39 is 0 Å². The molecule has 0 radical (unpaired) electrons. The van der Waals surface area contributed by atoms with E-state index in [9.17, 15) is 4.79 Å². The summed E-state index contributed by atoms with van der Waals surface area (Å²) >= 11 is 0. The van der Waals surface area contributed by atoms with Crippen LogP contribution >= 0.6 is 0 Å². The van der Waals surface area contributed by atoms with Gasteiger partial charge in [-0.25, -0.2) is 9.50 Å². The van der Waals surface area contributed by atoms with Crippen molar-refractivity contribution in [2.24, 2.45) is 0 Å². The number of rotatable bonds is 8. The van der Waals surface area contributed by atoms with Crippen LogP contribution in [-0.2, 0) is 12.8 Å². The molecule has 0 spiro atoms. The van der Waals surface area contributed by atoms with Gasteiger partial charge >= 0.3 is 0 Å². The summed E-state index contributed by atoms with van der Waals surface area (Å²) in [6, 6.07) is 22.9. The number of benzene rings is 3. The number of para-hydroxylation sites is 2. The molecular weight excluding hydrogens is 518 g/mol. The van der Waals surface area contributed by atoms with Crippen LogP contribution in [0.4, 0.5) is 17.2 Å². The Morgan fingerprint density at radius 2 is 1.46 bits per heavy atom. The average molecular weight is 550 g/mol. The van der Waals surface area contributed by atoms with Gasteiger partial charge < -0.3 is 24.8 Å². The van der Waals surface area contributed by atoms with E-state index in [0.29, 0.717) is 40.0 Å². The molecule has 3 aromatic carbocycles. The van der Waals surface area contributed by atoms with Crippen LogP contribution in [0, 0.1) is 0 Å². The Balaban J connectivity index is 1.59. The van der Waals surface area contributed by atoms with Gasteiger partial charge in [0.25, 0.3) is 5.91 Å². The fourth-order valence-corrected chi connectivity index (χ4v) is 5.38. The summed E-state index contributed by atoms with van der Waals surface area (Å²) in [6.45, 7) is 0. The first kappa shape index (κ1) is 26.2. The minimum absolute atomic E-state index is 0.302. The van der Waals surface area contributed by atoms with Crippen LogP contribution < -0.4 is 24.8 Å². The number of carbonyl (C=O) groups is 1. The summed E-state index contributed by atoms with van der Waals surface area (Å²) in [5.41, 5.74) is 6.07. The fraction of sp³-hybridized carbons (Fsp3) is 0.219. The van der Waals surface area contributed by atoms with Crippen molar-refractivity contribution in [1.29, 1.82) is 0 Å². The fourth-order valence-electron chi connectivity index (χ4n) is 5.38. The highest BCUT2D eigenvalue weighted by Crippen LogP contribution is 2.43. The Morgan fingerprint density at radius 3 is 2.10 bits per heavy atom. The molecule has 2 aromatic heterocycles. The number of nitrogens with one attached hydrogen (secondary N) is 2. The van der Waals surface area contributed by atoms with Gasteiger partial charge in [0.15, 0.2) is 23.0 Å². The highest BCUT2D eigenvalue weighted by molar-refractivity contribution is 6.12. The number of carbonyl (C=O) groups excluding carboxylic acids is 1. The van der Waals surface area contributed by atoms with Crippen molar-refractivity contribution >= 4 is 28.7 Å². The smallest absolute Gasteiger partial charge is 0.263 e. The summed E-state index contributed by atoms with van der Waals surface area (Å²) in [5, 5.41) is 11.3. The molecule has 2 heterocycles. The van der Waals surface area contributed by atoms with Crippen molar-refractivity contribution in [2.75, 3.05) is 32.0 Å². The first-order valence-corrected chi connectivity index (χ1v) is 13.5. The minimum Gasteiger partial charge on any atom is -0.493 e. The van der Waals surface area contributed by atoms with E-state index in [1.807, 2.05) is 77.3 Å². The Kier molecular flexibility index (Phi) is 7.16. The normalized spacial score (nSPS) is 12.5. The van der Waals surface area contributed by atoms with Gasteiger partial charge in [-0.05, 0) is 62.1 Å². The summed E-state index contributed by atoms with van der Waals surface area (Å²) < 4.78 is 18.7. The molecule has 1 aliphatic rings. The van der Waals surface area contributed by atoms with Gasteiger partial charge in [0, 0.05) is 28.2 Å². The van der Waals surface area contributed by atoms with Crippen LogP contribution in [0.2, 0.25) is 0 Å². The lowest BCUT2D eigenvalue weighted by Gasteiger charge is -2.21. The van der Waals surface area contributed by atoms with Gasteiger partial charge in [0.2, 0.25) is 5.75 Å². The summed E-state index contributed by atoms with van der Waals surface area (Å²) in [7, 11) is 4.77. The molecule has 2 N–H and O–H groups in total. The van der Waals surface area contributed by atoms with Crippen LogP contribution in [0.25, 0.3) is 16.9 Å². The van der Waals surface area contributed by atoms with Gasteiger partial charge in [-0.15, -0.1) is 5.10 Å². The van der Waals surface area contributed by atoms with E-state index in [4.69, 9.17) is 24.3 Å². The predicted octanol–water partition coefficient (Wildman–Crippen LogP) is 6.30. The average Bonchev–Trinajstić information content (AvgIpc) is 3.38. The first-order chi connectivity index (χ1) is 20.1. The van der Waals surface area contributed by atoms with E-state index >= 15 is 0 Å². The number of aromatic nitrogens is 3. The molecule has 0 saturated heterocycles. The maximum absolute atomic E-state index is 13.9. The number of aryl methyl sites for hydroxylation is 1. The standard InChI is InChI=1S/C32H31N5O4/c1-39-25-18-20(19-26(40-2)29(25)41-3)28-23-16-10-11-17-24(23)37-31(35-28)27(32(38)34-22-14-8-5-9-15-22)30(36-37)33-21-12-6-4-7-13-21/h4-9,12-15,18-19H,10-11,16-17H2,1-3H3,(H,33,36)(H,34,38). The van der Waals surface area contributed by atoms with Crippen LogP contribution in [-0.4, -0.2) is 41.8 Å². The molecule has 1 aliphatic carbocycles. The van der Waals surface area contributed by atoms with Crippen molar-refractivity contribution in [3.8, 4) is 28.5 Å². The summed E-state index contributed by atoms with van der Waals surface area (Å²) in [4.78, 5) is 19.0. The number of nitrogens with zero attached hydrogens (tertiary/aromatic N) is 3. The first-order valence-electron chi connectivity index (χ1n) is 13.5. The second-order valence-electron chi connectivity index (χ2n) is 9.78. The lowest BCUT2D eigenvalue weighted by Crippen LogP contribution is -2.16. The largest absolute Gasteiger partial charge is 0.493 e. The van der Waals surface area contributed by atoms with Crippen LogP contribution in [0.15, 0.2) is 72.8 Å². The number of fused-ring (bicyclic) bond motifs is 3. The lowest BCUT2D eigenvalue weighted by molar-refractivity contribution is 0.102. The second kappa shape index (κ2) is 11.2. The van der Waals surface area contributed by atoms with Gasteiger partial charge in [0.1, 0.15) is 5.56 Å². The zero-order chi connectivity index (χ0) is 28.3. The molecule has 5 aromatic rings. The molecule has 41 heavy (non-hydrogen) atoms. The van der Waals surface area contributed by atoms with Crippen LogP contribution in [0.1, 0.15) is 34.5 Å². The number of amides is 1. The molecule has 0 bridgehead atoms. The molecule has 0 unspecified atom stereocenters. The zero-order valence-corrected chi connectivity index (χ0v) is 23.2. The maximum Gasteiger partial charge on any atom is 0.263 e. The van der Waals surface area contributed by atoms with Crippen molar-refractivity contribution in [3.63, 3.8) is 0 Å². The van der Waals surface area contributed by atoms with E-state index in [1.165, 1.54) is 0 Å². The SMILES string of the molecule is COc1cc(-c2nc3c(C(=O)Nc4ccccc4)c(Nc4ccccc4)nn3c3c2CCCC3)cc(OC)c1OC. The Bertz CT molecular complexity index is 1690. The summed E-state index contributed by atoms with van der Waals surface area (Å²) in [6.07, 6.45) is 3.72. The van der Waals surface area contributed by atoms with Crippen LogP contribution in [0.5, 0.6) is 17.2 Å². The molecule has 0 aliphatic heterocycles. The number of methoxy groups -OCH3 is 3. The minimum atomic E-state index is -0.302. The van der Waals surface area contributed by atoms with E-state index in [2.05, 4.69) is 10.6 Å². The van der Waals surface area contributed by atoms with Gasteiger partial charge in [-0.2, -0.15) is 0 Å². The maximum atomic E-state index is 13.9. The van der Waals surface area contributed by atoms with E-state index in [-0.39, 0.29) is 5.91 Å². The number of hydrogen-bond acceptors (Lipinski definition) is 7. The molecule has 208 valence electrons. The Hall–Kier alpha value is -5.05. The quantitative estimate of drug-likeness (QED) is 0.234. The topological polar surface area (TPSA) is 99.0 Å². The zero-order valence-electron chi connectivity index (χ0n) is 23.2. The van der Waals surface area contributed by atoms with Crippen molar-refractivity contribution in [2.45, 2.75) is 25.7 Å². The molecule has 9 heteroatoms. The molecule has 0 saturated carbocycles. The lowest BCUT2D eigenvalue weighted by atomic mass is 9.92. The molecule has 0 fully saturated rings. The van der Waals surface area contributed by atoms with E-state index in [0.717, 1.165) is 53.9 Å². The molecule has 9 nitrogen and oxygen atoms in total. The van der Waals surface area contributed by atoms with Crippen molar-refractivity contribution in [1.82, 2.24) is 14.6 Å². The third-order valence-electron chi connectivity index (χ3n) is 7.29. The number of anilines is 3. The third-order valence-corrected chi connectivity index (χ3v) is 7.29. The highest BCUT2D eigenvalue weighted by atomic mass is 16.5. The van der Waals surface area contributed by atoms with Crippen molar-refractivity contribution in [3.05, 3.63) is 89.6 Å². The Morgan fingerprint density at radius 1 is 0.829 bits per heavy atom. The third kappa shape index (κ3) is 4.91. The van der Waals surface area contributed by atoms with Gasteiger partial charge in [0.05, 0.1) is 27.0 Å². The molecular formula is C32H31N5O4. The predicted molar refractivity (Wildman–Crippen MR) is 159 cm³/mol. The monoisotopic (exact) mass is 549 g/mol. The Labute approximate surface area is 238 Å². The molecule has 6 rings (SSSR count). The number of hydrogen-bond donors (Lipinski definition) is 2. The van der Waals surface area contributed by atoms with Gasteiger partial charge in [-0.3, -0.25) is 4.79 Å². The van der Waals surface area contributed by atoms with Gasteiger partial charge in [-0.1, -0.05) is 36.4 Å². The van der Waals surface area contributed by atoms with Crippen molar-refractivity contribution < 1.29 is 19.0 Å². The summed E-state index contributed by atoms with van der Waals surface area (Å²) in [5.74, 6) is 1.72.